The normalized spacial score (nSPS) is 23.1. The van der Waals surface area contributed by atoms with E-state index in [0.717, 1.165) is 0 Å². The maximum Gasteiger partial charge on any atom is 0.329 e. The van der Waals surface area contributed by atoms with Gasteiger partial charge in [-0.2, -0.15) is 0 Å². The number of esters is 1. The zero-order valence-electron chi connectivity index (χ0n) is 6.83. The van der Waals surface area contributed by atoms with Crippen LogP contribution in [0, 0.1) is 0 Å². The topological polar surface area (TPSA) is 55.4 Å². The van der Waals surface area contributed by atoms with Crippen molar-refractivity contribution in [3.05, 3.63) is 0 Å². The highest BCUT2D eigenvalue weighted by Crippen LogP contribution is 2.09. The molecule has 1 unspecified atom stereocenters. The van der Waals surface area contributed by atoms with Crippen molar-refractivity contribution in [2.24, 2.45) is 0 Å². The lowest BCUT2D eigenvalue weighted by Crippen LogP contribution is -2.47. The van der Waals surface area contributed by atoms with Gasteiger partial charge in [-0.25, -0.2) is 4.79 Å². The third kappa shape index (κ3) is 2.41. The molecule has 0 spiro atoms. The summed E-state index contributed by atoms with van der Waals surface area (Å²) in [5.74, 6) is 0.628. The summed E-state index contributed by atoms with van der Waals surface area (Å²) in [6, 6.07) is -0.448. The first-order chi connectivity index (χ1) is 5.74. The number of rotatable bonds is 2. The van der Waals surface area contributed by atoms with E-state index < -0.39 is 6.04 Å². The third-order valence-electron chi connectivity index (χ3n) is 1.42. The molecule has 0 bridgehead atoms. The number of hydrogen-bond donors (Lipinski definition) is 1. The van der Waals surface area contributed by atoms with Gasteiger partial charge in [0, 0.05) is 5.75 Å². The molecule has 0 aromatic rings. The molecule has 1 amide bonds. The van der Waals surface area contributed by atoms with Gasteiger partial charge in [-0.15, -0.1) is 11.8 Å². The van der Waals surface area contributed by atoms with Crippen LogP contribution in [0.2, 0.25) is 0 Å². The summed E-state index contributed by atoms with van der Waals surface area (Å²) >= 11 is 1.45. The predicted octanol–water partition coefficient (Wildman–Crippen LogP) is -0.219. The van der Waals surface area contributed by atoms with Gasteiger partial charge in [0.15, 0.2) is 0 Å². The van der Waals surface area contributed by atoms with Crippen LogP contribution >= 0.6 is 11.8 Å². The molecule has 0 aromatic carbocycles. The van der Waals surface area contributed by atoms with Crippen molar-refractivity contribution < 1.29 is 14.3 Å². The Kier molecular flexibility index (Phi) is 3.40. The van der Waals surface area contributed by atoms with Crippen LogP contribution in [-0.2, 0) is 14.3 Å². The van der Waals surface area contributed by atoms with E-state index >= 15 is 0 Å². The van der Waals surface area contributed by atoms with E-state index in [4.69, 9.17) is 4.74 Å². The maximum absolute atomic E-state index is 11.1. The summed E-state index contributed by atoms with van der Waals surface area (Å²) < 4.78 is 4.76. The van der Waals surface area contributed by atoms with E-state index in [1.54, 1.807) is 6.92 Å². The maximum atomic E-state index is 11.1. The van der Waals surface area contributed by atoms with E-state index in [1.165, 1.54) is 11.8 Å². The van der Waals surface area contributed by atoms with Crippen LogP contribution in [0.4, 0.5) is 0 Å². The van der Waals surface area contributed by atoms with Gasteiger partial charge in [-0.3, -0.25) is 4.79 Å². The average molecular weight is 189 g/mol. The van der Waals surface area contributed by atoms with Crippen LogP contribution in [-0.4, -0.2) is 36.0 Å². The molecule has 1 saturated heterocycles. The molecule has 0 aliphatic carbocycles. The van der Waals surface area contributed by atoms with Gasteiger partial charge < -0.3 is 10.1 Å². The number of thioether (sulfide) groups is 1. The van der Waals surface area contributed by atoms with E-state index in [-0.39, 0.29) is 11.9 Å². The van der Waals surface area contributed by atoms with E-state index in [0.29, 0.717) is 18.1 Å². The van der Waals surface area contributed by atoms with Crippen molar-refractivity contribution in [1.29, 1.82) is 0 Å². The zero-order chi connectivity index (χ0) is 8.97. The second-order valence-corrected chi connectivity index (χ2v) is 3.42. The number of nitrogens with one attached hydrogen (secondary N) is 1. The lowest BCUT2D eigenvalue weighted by atomic mass is 10.3. The zero-order valence-corrected chi connectivity index (χ0v) is 7.65. The highest BCUT2D eigenvalue weighted by Gasteiger charge is 2.25. The van der Waals surface area contributed by atoms with Gasteiger partial charge in [-0.05, 0) is 6.92 Å². The lowest BCUT2D eigenvalue weighted by molar-refractivity contribution is -0.146. The van der Waals surface area contributed by atoms with Crippen LogP contribution in [0.5, 0.6) is 0 Å². The first kappa shape index (κ1) is 9.38. The molecule has 0 radical (unpaired) electrons. The van der Waals surface area contributed by atoms with Crippen LogP contribution in [0.25, 0.3) is 0 Å². The second kappa shape index (κ2) is 4.35. The number of ether oxygens (including phenoxy) is 1. The molecule has 68 valence electrons. The molecular formula is C7H11NO3S. The molecule has 0 aromatic heterocycles. The molecule has 1 rings (SSSR count). The quantitative estimate of drug-likeness (QED) is 0.610. The Balaban J connectivity index is 2.40. The van der Waals surface area contributed by atoms with Crippen LogP contribution in [0.3, 0.4) is 0 Å². The van der Waals surface area contributed by atoms with Gasteiger partial charge in [-0.1, -0.05) is 0 Å². The van der Waals surface area contributed by atoms with Crippen molar-refractivity contribution >= 4 is 23.6 Å². The number of carbonyl (C=O) groups excluding carboxylic acids is 2. The number of amides is 1. The van der Waals surface area contributed by atoms with Gasteiger partial charge in [0.2, 0.25) is 5.91 Å². The summed E-state index contributed by atoms with van der Waals surface area (Å²) in [5.41, 5.74) is 0. The molecule has 1 N–H and O–H groups in total. The van der Waals surface area contributed by atoms with Crippen molar-refractivity contribution in [2.45, 2.75) is 13.0 Å². The Labute approximate surface area is 75.0 Å². The Bertz CT molecular complexity index is 195. The van der Waals surface area contributed by atoms with Crippen molar-refractivity contribution in [3.63, 3.8) is 0 Å². The molecule has 1 aliphatic rings. The summed E-state index contributed by atoms with van der Waals surface area (Å²) in [7, 11) is 0. The average Bonchev–Trinajstić information content (AvgIpc) is 2.05. The van der Waals surface area contributed by atoms with Gasteiger partial charge in [0.1, 0.15) is 6.04 Å². The smallest absolute Gasteiger partial charge is 0.329 e. The summed E-state index contributed by atoms with van der Waals surface area (Å²) in [6.07, 6.45) is 0. The third-order valence-corrected chi connectivity index (χ3v) is 2.46. The highest BCUT2D eigenvalue weighted by atomic mass is 32.2. The fraction of sp³-hybridized carbons (Fsp3) is 0.714. The molecule has 1 aliphatic heterocycles. The molecular weight excluding hydrogens is 178 g/mol. The fourth-order valence-electron chi connectivity index (χ4n) is 0.917. The van der Waals surface area contributed by atoms with Crippen LogP contribution in [0.15, 0.2) is 0 Å². The SMILES string of the molecule is CCOC(=O)C1CSCC(=O)N1. The number of hydrogen-bond acceptors (Lipinski definition) is 4. The Hall–Kier alpha value is -0.710. The fourth-order valence-corrected chi connectivity index (χ4v) is 1.76. The second-order valence-electron chi connectivity index (χ2n) is 2.39. The molecule has 1 heterocycles. The van der Waals surface area contributed by atoms with Crippen molar-refractivity contribution in [2.75, 3.05) is 18.1 Å². The van der Waals surface area contributed by atoms with E-state index in [1.807, 2.05) is 0 Å². The summed E-state index contributed by atoms with van der Waals surface area (Å²) in [6.45, 7) is 2.10. The van der Waals surface area contributed by atoms with Gasteiger partial charge in [0.25, 0.3) is 0 Å². The summed E-state index contributed by atoms with van der Waals surface area (Å²) in [4.78, 5) is 21.9. The van der Waals surface area contributed by atoms with Crippen molar-refractivity contribution in [3.8, 4) is 0 Å². The lowest BCUT2D eigenvalue weighted by Gasteiger charge is -2.20. The van der Waals surface area contributed by atoms with Crippen LogP contribution in [0.1, 0.15) is 6.92 Å². The largest absolute Gasteiger partial charge is 0.464 e. The van der Waals surface area contributed by atoms with Crippen molar-refractivity contribution in [1.82, 2.24) is 5.32 Å². The minimum absolute atomic E-state index is 0.0932. The first-order valence-electron chi connectivity index (χ1n) is 3.77. The monoisotopic (exact) mass is 189 g/mol. The number of carbonyl (C=O) groups is 2. The molecule has 5 heteroatoms. The standard InChI is InChI=1S/C7H11NO3S/c1-2-11-7(10)5-3-12-4-6(9)8-5/h5H,2-4H2,1H3,(H,8,9). The Morgan fingerprint density at radius 2 is 2.58 bits per heavy atom. The molecule has 1 atom stereocenters. The minimum Gasteiger partial charge on any atom is -0.464 e. The Morgan fingerprint density at radius 3 is 3.17 bits per heavy atom. The highest BCUT2D eigenvalue weighted by molar-refractivity contribution is 8.00. The molecule has 4 nitrogen and oxygen atoms in total. The summed E-state index contributed by atoms with van der Waals surface area (Å²) in [5, 5.41) is 2.57. The van der Waals surface area contributed by atoms with Gasteiger partial charge >= 0.3 is 5.97 Å². The minimum atomic E-state index is -0.448. The molecule has 12 heavy (non-hydrogen) atoms. The van der Waals surface area contributed by atoms with Crippen LogP contribution < -0.4 is 5.32 Å². The first-order valence-corrected chi connectivity index (χ1v) is 4.93. The van der Waals surface area contributed by atoms with E-state index in [2.05, 4.69) is 5.32 Å². The van der Waals surface area contributed by atoms with Gasteiger partial charge in [0.05, 0.1) is 12.4 Å². The Morgan fingerprint density at radius 1 is 1.83 bits per heavy atom. The molecule has 1 fully saturated rings. The van der Waals surface area contributed by atoms with E-state index in [9.17, 15) is 9.59 Å². The molecule has 0 saturated carbocycles. The predicted molar refractivity (Wildman–Crippen MR) is 45.9 cm³/mol.